The van der Waals surface area contributed by atoms with Gasteiger partial charge in [-0.1, -0.05) is 103 Å². The summed E-state index contributed by atoms with van der Waals surface area (Å²) in [5, 5.41) is 7.15. The number of nitrogens with one attached hydrogen (secondary N) is 2. The third-order valence-corrected chi connectivity index (χ3v) is 6.37. The van der Waals surface area contributed by atoms with E-state index < -0.39 is 0 Å². The molecule has 1 rings (SSSR count). The number of benzene rings is 1. The Morgan fingerprint density at radius 3 is 1.56 bits per heavy atom. The number of rotatable bonds is 21. The normalized spacial score (nSPS) is 11.3. The van der Waals surface area contributed by atoms with E-state index in [-0.39, 0.29) is 22.5 Å². The molecule has 1 aromatic rings. The van der Waals surface area contributed by atoms with Crippen LogP contribution in [-0.4, -0.2) is 18.6 Å². The lowest BCUT2D eigenvalue weighted by atomic mass is 9.96. The molecule has 0 aliphatic heterocycles. The average molecular weight is 513 g/mol. The van der Waals surface area contributed by atoms with Crippen LogP contribution in [0.2, 0.25) is 0 Å². The van der Waals surface area contributed by atoms with Gasteiger partial charge in [0.1, 0.15) is 0 Å². The molecule has 0 unspecified atom stereocenters. The number of nitrogens with two attached hydrogens (primary N) is 1. The fourth-order valence-electron chi connectivity index (χ4n) is 4.24. The molecule has 3 nitrogen and oxygen atoms in total. The second-order valence-electron chi connectivity index (χ2n) is 10.1. The van der Waals surface area contributed by atoms with Gasteiger partial charge < -0.3 is 16.4 Å². The van der Waals surface area contributed by atoms with E-state index in [1.807, 2.05) is 24.3 Å². The molecule has 0 saturated carbocycles. The lowest BCUT2D eigenvalue weighted by Gasteiger charge is -2.26. The van der Waals surface area contributed by atoms with Crippen molar-refractivity contribution in [3.63, 3.8) is 0 Å². The van der Waals surface area contributed by atoms with Gasteiger partial charge in [0.25, 0.3) is 0 Å². The first-order valence-corrected chi connectivity index (χ1v) is 13.4. The van der Waals surface area contributed by atoms with Crippen molar-refractivity contribution in [1.29, 1.82) is 0 Å². The summed E-state index contributed by atoms with van der Waals surface area (Å²) in [5.41, 5.74) is 7.90. The second kappa shape index (κ2) is 20.8. The Labute approximate surface area is 210 Å². The SMILES string of the molecule is Br.CCCCCCCCCCCCCCCCCC(C)(C)NCCNc1ccc(N)cc1. The highest BCUT2D eigenvalue weighted by atomic mass is 79.9. The first-order chi connectivity index (χ1) is 15.0. The summed E-state index contributed by atoms with van der Waals surface area (Å²) in [5.74, 6) is 0. The molecule has 0 radical (unpaired) electrons. The summed E-state index contributed by atoms with van der Waals surface area (Å²) >= 11 is 0. The van der Waals surface area contributed by atoms with Crippen molar-refractivity contribution in [3.8, 4) is 0 Å². The van der Waals surface area contributed by atoms with Crippen LogP contribution in [0.4, 0.5) is 11.4 Å². The van der Waals surface area contributed by atoms with Gasteiger partial charge in [-0.2, -0.15) is 0 Å². The summed E-state index contributed by atoms with van der Waals surface area (Å²) in [6.45, 7) is 8.88. The number of halogens is 1. The molecule has 0 atom stereocenters. The second-order valence-corrected chi connectivity index (χ2v) is 10.1. The zero-order valence-corrected chi connectivity index (χ0v) is 23.2. The smallest absolute Gasteiger partial charge is 0.0342 e. The minimum atomic E-state index is 0. The van der Waals surface area contributed by atoms with Gasteiger partial charge in [-0.05, 0) is 44.5 Å². The fraction of sp³-hybridized carbons (Fsp3) is 0.786. The van der Waals surface area contributed by atoms with Gasteiger partial charge in [0.15, 0.2) is 0 Å². The van der Waals surface area contributed by atoms with Crippen molar-refractivity contribution in [1.82, 2.24) is 5.32 Å². The van der Waals surface area contributed by atoms with Crippen LogP contribution in [0.3, 0.4) is 0 Å². The van der Waals surface area contributed by atoms with E-state index in [2.05, 4.69) is 31.4 Å². The number of hydrogen-bond donors (Lipinski definition) is 3. The fourth-order valence-corrected chi connectivity index (χ4v) is 4.24. The zero-order chi connectivity index (χ0) is 22.6. The molecular formula is C28H54BrN3. The van der Waals surface area contributed by atoms with Crippen LogP contribution in [0.1, 0.15) is 124 Å². The van der Waals surface area contributed by atoms with Crippen molar-refractivity contribution >= 4 is 28.4 Å². The maximum atomic E-state index is 5.73. The Morgan fingerprint density at radius 2 is 1.09 bits per heavy atom. The summed E-state index contributed by atoms with van der Waals surface area (Å²) in [6.07, 6.45) is 22.7. The van der Waals surface area contributed by atoms with E-state index in [0.717, 1.165) is 24.5 Å². The zero-order valence-electron chi connectivity index (χ0n) is 21.5. The molecule has 0 heterocycles. The Morgan fingerprint density at radius 1 is 0.656 bits per heavy atom. The summed E-state index contributed by atoms with van der Waals surface area (Å²) in [6, 6.07) is 7.96. The largest absolute Gasteiger partial charge is 0.399 e. The van der Waals surface area contributed by atoms with Gasteiger partial charge in [-0.3, -0.25) is 0 Å². The maximum Gasteiger partial charge on any atom is 0.0342 e. The molecule has 0 spiro atoms. The number of nitrogen functional groups attached to an aromatic ring is 1. The molecule has 4 N–H and O–H groups in total. The molecule has 188 valence electrons. The highest BCUT2D eigenvalue weighted by Crippen LogP contribution is 2.17. The van der Waals surface area contributed by atoms with Gasteiger partial charge in [-0.25, -0.2) is 0 Å². The van der Waals surface area contributed by atoms with Gasteiger partial charge in [0, 0.05) is 30.0 Å². The van der Waals surface area contributed by atoms with Gasteiger partial charge >= 0.3 is 0 Å². The van der Waals surface area contributed by atoms with E-state index in [9.17, 15) is 0 Å². The van der Waals surface area contributed by atoms with Crippen LogP contribution in [0.5, 0.6) is 0 Å². The molecule has 4 heteroatoms. The third kappa shape index (κ3) is 18.8. The molecule has 1 aromatic carbocycles. The molecule has 32 heavy (non-hydrogen) atoms. The predicted octanol–water partition coefficient (Wildman–Crippen LogP) is 8.89. The topological polar surface area (TPSA) is 50.1 Å². The Bertz CT molecular complexity index is 516. The summed E-state index contributed by atoms with van der Waals surface area (Å²) < 4.78 is 0. The molecule has 0 fully saturated rings. The highest BCUT2D eigenvalue weighted by molar-refractivity contribution is 8.93. The minimum absolute atomic E-state index is 0. The molecule has 0 saturated heterocycles. The Hall–Kier alpha value is -0.740. The van der Waals surface area contributed by atoms with E-state index in [1.165, 1.54) is 103 Å². The quantitative estimate of drug-likeness (QED) is 0.114. The van der Waals surface area contributed by atoms with Crippen LogP contribution in [0, 0.1) is 0 Å². The van der Waals surface area contributed by atoms with Crippen LogP contribution >= 0.6 is 17.0 Å². The van der Waals surface area contributed by atoms with E-state index in [1.54, 1.807) is 0 Å². The third-order valence-electron chi connectivity index (χ3n) is 6.37. The molecule has 0 amide bonds. The molecular weight excluding hydrogens is 458 g/mol. The number of unbranched alkanes of at least 4 members (excludes halogenated alkanes) is 14. The van der Waals surface area contributed by atoms with Crippen molar-refractivity contribution in [2.24, 2.45) is 0 Å². The maximum absolute atomic E-state index is 5.73. The molecule has 0 aliphatic carbocycles. The first-order valence-electron chi connectivity index (χ1n) is 13.4. The predicted molar refractivity (Wildman–Crippen MR) is 151 cm³/mol. The monoisotopic (exact) mass is 511 g/mol. The number of hydrogen-bond acceptors (Lipinski definition) is 3. The van der Waals surface area contributed by atoms with E-state index in [4.69, 9.17) is 5.73 Å². The van der Waals surface area contributed by atoms with Crippen molar-refractivity contribution in [2.75, 3.05) is 24.1 Å². The summed E-state index contributed by atoms with van der Waals surface area (Å²) in [7, 11) is 0. The molecule has 0 bridgehead atoms. The van der Waals surface area contributed by atoms with E-state index >= 15 is 0 Å². The molecule has 0 aromatic heterocycles. The van der Waals surface area contributed by atoms with Crippen LogP contribution in [-0.2, 0) is 0 Å². The lowest BCUT2D eigenvalue weighted by Crippen LogP contribution is -2.41. The average Bonchev–Trinajstić information content (AvgIpc) is 2.75. The number of anilines is 2. The summed E-state index contributed by atoms with van der Waals surface area (Å²) in [4.78, 5) is 0. The minimum Gasteiger partial charge on any atom is -0.399 e. The van der Waals surface area contributed by atoms with Gasteiger partial charge in [0.05, 0.1) is 0 Å². The Kier molecular flexibility index (Phi) is 20.4. The Balaban J connectivity index is 0.00000961. The van der Waals surface area contributed by atoms with Crippen LogP contribution in [0.15, 0.2) is 24.3 Å². The van der Waals surface area contributed by atoms with Crippen LogP contribution in [0.25, 0.3) is 0 Å². The van der Waals surface area contributed by atoms with Crippen molar-refractivity contribution in [2.45, 2.75) is 129 Å². The lowest BCUT2D eigenvalue weighted by molar-refractivity contribution is 0.352. The molecule has 0 aliphatic rings. The van der Waals surface area contributed by atoms with E-state index in [0.29, 0.717) is 0 Å². The highest BCUT2D eigenvalue weighted by Gasteiger charge is 2.15. The standard InChI is InChI=1S/C28H53N3.BrH/c1-4-5-6-7-8-9-10-11-12-13-14-15-16-17-18-23-28(2,3)31-25-24-30-27-21-19-26(29)20-22-27;/h19-22,30-31H,4-18,23-25,29H2,1-3H3;1H. The van der Waals surface area contributed by atoms with Gasteiger partial charge in [-0.15, -0.1) is 17.0 Å². The van der Waals surface area contributed by atoms with Crippen molar-refractivity contribution in [3.05, 3.63) is 24.3 Å². The van der Waals surface area contributed by atoms with Gasteiger partial charge in [0.2, 0.25) is 0 Å². The van der Waals surface area contributed by atoms with Crippen LogP contribution < -0.4 is 16.4 Å². The first kappa shape index (κ1) is 31.3. The van der Waals surface area contributed by atoms with Crippen molar-refractivity contribution < 1.29 is 0 Å².